The van der Waals surface area contributed by atoms with E-state index in [1.165, 1.54) is 12.0 Å². The largest absolute Gasteiger partial charge is 0.465 e. The maximum atomic E-state index is 13.1. The third-order valence-corrected chi connectivity index (χ3v) is 6.69. The fourth-order valence-electron chi connectivity index (χ4n) is 4.49. The molecule has 2 saturated heterocycles. The molecule has 0 aliphatic carbocycles. The Bertz CT molecular complexity index is 1120. The van der Waals surface area contributed by atoms with Crippen molar-refractivity contribution in [1.29, 1.82) is 0 Å². The van der Waals surface area contributed by atoms with E-state index in [0.717, 1.165) is 31.7 Å². The highest BCUT2D eigenvalue weighted by atomic mass is 19.4. The number of piperazine rings is 1. The second-order valence-corrected chi connectivity index (χ2v) is 9.28. The zero-order valence-electron chi connectivity index (χ0n) is 20.4. The zero-order valence-corrected chi connectivity index (χ0v) is 20.4. The molecule has 2 aliphatic heterocycles. The van der Waals surface area contributed by atoms with Crippen LogP contribution in [-0.4, -0.2) is 79.1 Å². The molecule has 0 radical (unpaired) electrons. The first-order valence-electron chi connectivity index (χ1n) is 11.8. The molecular weight excluding hydrogens is 518 g/mol. The lowest BCUT2D eigenvalue weighted by Gasteiger charge is -2.48. The Morgan fingerprint density at radius 3 is 1.95 bits per heavy atom. The van der Waals surface area contributed by atoms with Gasteiger partial charge in [0.05, 0.1) is 23.8 Å². The molecule has 2 amide bonds. The van der Waals surface area contributed by atoms with Crippen LogP contribution in [0.1, 0.15) is 27.0 Å². The van der Waals surface area contributed by atoms with Gasteiger partial charge in [0.15, 0.2) is 0 Å². The summed E-state index contributed by atoms with van der Waals surface area (Å²) in [5.74, 6) is -0.394. The van der Waals surface area contributed by atoms with E-state index in [1.54, 1.807) is 12.1 Å². The lowest BCUT2D eigenvalue weighted by atomic mass is 10.1. The number of carbonyl (C=O) groups excluding carboxylic acids is 2. The van der Waals surface area contributed by atoms with Crippen LogP contribution in [0, 0.1) is 0 Å². The van der Waals surface area contributed by atoms with Crippen molar-refractivity contribution in [3.05, 3.63) is 64.7 Å². The van der Waals surface area contributed by atoms with Gasteiger partial charge >= 0.3 is 24.4 Å². The van der Waals surface area contributed by atoms with Crippen LogP contribution in [0.5, 0.6) is 0 Å². The van der Waals surface area contributed by atoms with Crippen molar-refractivity contribution in [3.63, 3.8) is 0 Å². The monoisotopic (exact) mass is 544 g/mol. The molecule has 0 spiro atoms. The van der Waals surface area contributed by atoms with Gasteiger partial charge < -0.3 is 15.0 Å². The molecule has 2 fully saturated rings. The van der Waals surface area contributed by atoms with E-state index < -0.39 is 41.2 Å². The number of hydrogen-bond acceptors (Lipinski definition) is 5. The molecule has 2 aromatic carbocycles. The maximum absolute atomic E-state index is 13.1. The minimum atomic E-state index is -4.99. The van der Waals surface area contributed by atoms with Gasteiger partial charge in [0.1, 0.15) is 0 Å². The molecule has 0 unspecified atom stereocenters. The summed E-state index contributed by atoms with van der Waals surface area (Å²) in [7, 11) is 1.33. The van der Waals surface area contributed by atoms with E-state index in [1.807, 2.05) is 12.1 Å². The van der Waals surface area contributed by atoms with E-state index in [9.17, 15) is 35.9 Å². The van der Waals surface area contributed by atoms with Crippen LogP contribution in [0.25, 0.3) is 0 Å². The van der Waals surface area contributed by atoms with Crippen LogP contribution >= 0.6 is 0 Å². The second-order valence-electron chi connectivity index (χ2n) is 9.28. The Balaban J connectivity index is 1.26. The number of rotatable bonds is 5. The highest BCUT2D eigenvalue weighted by molar-refractivity contribution is 5.90. The van der Waals surface area contributed by atoms with E-state index in [4.69, 9.17) is 4.74 Å². The summed E-state index contributed by atoms with van der Waals surface area (Å²) in [6, 6.07) is 7.51. The number of urea groups is 1. The molecule has 2 aliphatic rings. The predicted molar refractivity (Wildman–Crippen MR) is 125 cm³/mol. The highest BCUT2D eigenvalue weighted by Gasteiger charge is 2.39. The number of esters is 1. The molecule has 0 aromatic heterocycles. The van der Waals surface area contributed by atoms with Gasteiger partial charge in [-0.15, -0.1) is 0 Å². The van der Waals surface area contributed by atoms with Crippen LogP contribution in [0.4, 0.5) is 36.8 Å². The molecule has 206 valence electrons. The number of alkyl halides is 6. The molecule has 38 heavy (non-hydrogen) atoms. The Morgan fingerprint density at radius 1 is 0.895 bits per heavy atom. The van der Waals surface area contributed by atoms with E-state index >= 15 is 0 Å². The van der Waals surface area contributed by atoms with Crippen LogP contribution in [0.3, 0.4) is 0 Å². The first kappa shape index (κ1) is 27.7. The number of likely N-dealkylation sites (tertiary alicyclic amines) is 1. The summed E-state index contributed by atoms with van der Waals surface area (Å²) in [6.07, 6.45) is -9.98. The number of halogens is 6. The fraction of sp³-hybridized carbons (Fsp3) is 0.440. The van der Waals surface area contributed by atoms with Gasteiger partial charge in [-0.2, -0.15) is 26.3 Å². The lowest BCUT2D eigenvalue weighted by Crippen LogP contribution is -2.64. The Labute approximate surface area is 214 Å². The van der Waals surface area contributed by atoms with Crippen molar-refractivity contribution in [1.82, 2.24) is 14.7 Å². The van der Waals surface area contributed by atoms with E-state index in [0.29, 0.717) is 37.3 Å². The third-order valence-electron chi connectivity index (χ3n) is 6.69. The quantitative estimate of drug-likeness (QED) is 0.442. The smallest absolute Gasteiger partial charge is 0.416 e. The molecule has 0 bridgehead atoms. The Hall–Kier alpha value is -3.32. The number of amides is 2. The first-order chi connectivity index (χ1) is 17.8. The molecule has 13 heteroatoms. The first-order valence-corrected chi connectivity index (χ1v) is 11.8. The number of nitrogens with one attached hydrogen (secondary N) is 1. The van der Waals surface area contributed by atoms with Crippen LogP contribution in [-0.2, 0) is 23.6 Å². The van der Waals surface area contributed by atoms with Crippen LogP contribution in [0.15, 0.2) is 42.5 Å². The average molecular weight is 544 g/mol. The SMILES string of the molecule is COC(=O)c1ccc(CN2CCN(C3CN(C(=O)Nc4cc(C(F)(F)F)cc(C(F)(F)F)c4)C3)CC2)cc1. The van der Waals surface area contributed by atoms with Crippen LogP contribution in [0.2, 0.25) is 0 Å². The van der Waals surface area contributed by atoms with Gasteiger partial charge in [-0.25, -0.2) is 9.59 Å². The molecule has 2 heterocycles. The highest BCUT2D eigenvalue weighted by Crippen LogP contribution is 2.37. The normalized spacial score (nSPS) is 17.7. The van der Waals surface area contributed by atoms with Crippen molar-refractivity contribution in [2.75, 3.05) is 51.7 Å². The number of ether oxygens (including phenoxy) is 1. The third kappa shape index (κ3) is 6.57. The summed E-state index contributed by atoms with van der Waals surface area (Å²) in [5.41, 5.74) is -1.99. The number of hydrogen-bond donors (Lipinski definition) is 1. The number of benzene rings is 2. The maximum Gasteiger partial charge on any atom is 0.416 e. The van der Waals surface area contributed by atoms with Gasteiger partial charge in [0.2, 0.25) is 0 Å². The van der Waals surface area contributed by atoms with Crippen molar-refractivity contribution in [2.24, 2.45) is 0 Å². The van der Waals surface area contributed by atoms with Crippen molar-refractivity contribution in [2.45, 2.75) is 24.9 Å². The van der Waals surface area contributed by atoms with Gasteiger partial charge in [-0.3, -0.25) is 9.80 Å². The summed E-state index contributed by atoms with van der Waals surface area (Å²) in [4.78, 5) is 29.9. The second kappa shape index (κ2) is 10.8. The molecular formula is C25H26F6N4O3. The summed E-state index contributed by atoms with van der Waals surface area (Å²) >= 11 is 0. The van der Waals surface area contributed by atoms with Crippen molar-refractivity contribution < 1.29 is 40.7 Å². The van der Waals surface area contributed by atoms with Gasteiger partial charge in [-0.1, -0.05) is 12.1 Å². The lowest BCUT2D eigenvalue weighted by molar-refractivity contribution is -0.143. The fourth-order valence-corrected chi connectivity index (χ4v) is 4.49. The number of anilines is 1. The minimum absolute atomic E-state index is 0.0202. The Kier molecular flexibility index (Phi) is 7.88. The number of carbonyl (C=O) groups is 2. The summed E-state index contributed by atoms with van der Waals surface area (Å²) < 4.78 is 83.0. The molecule has 0 atom stereocenters. The topological polar surface area (TPSA) is 65.1 Å². The molecule has 2 aromatic rings. The van der Waals surface area contributed by atoms with E-state index in [-0.39, 0.29) is 12.1 Å². The standard InChI is InChI=1S/C25H26F6N4O3/c1-38-22(36)17-4-2-16(3-5-17)13-33-6-8-34(9-7-33)21-14-35(15-21)23(37)32-20-11-18(24(26,27)28)10-19(12-20)25(29,30)31/h2-5,10-12,21H,6-9,13-15H2,1H3,(H,32,37). The summed E-state index contributed by atoms with van der Waals surface area (Å²) in [5, 5.41) is 2.17. The van der Waals surface area contributed by atoms with Crippen molar-refractivity contribution >= 4 is 17.7 Å². The zero-order chi connectivity index (χ0) is 27.7. The Morgan fingerprint density at radius 2 is 1.45 bits per heavy atom. The number of nitrogens with zero attached hydrogens (tertiary/aromatic N) is 3. The minimum Gasteiger partial charge on any atom is -0.465 e. The average Bonchev–Trinajstić information content (AvgIpc) is 2.83. The van der Waals surface area contributed by atoms with Gasteiger partial charge in [-0.05, 0) is 35.9 Å². The van der Waals surface area contributed by atoms with Gasteiger partial charge in [0.25, 0.3) is 0 Å². The molecule has 1 N–H and O–H groups in total. The number of methoxy groups -OCH3 is 1. The molecule has 4 rings (SSSR count). The van der Waals surface area contributed by atoms with E-state index in [2.05, 4.69) is 15.1 Å². The predicted octanol–water partition coefficient (Wildman–Crippen LogP) is 4.54. The van der Waals surface area contributed by atoms with Crippen LogP contribution < -0.4 is 5.32 Å². The van der Waals surface area contributed by atoms with Crippen molar-refractivity contribution in [3.8, 4) is 0 Å². The molecule has 0 saturated carbocycles. The summed E-state index contributed by atoms with van der Waals surface area (Å²) in [6.45, 7) is 4.44. The van der Waals surface area contributed by atoms with Gasteiger partial charge in [0, 0.05) is 57.5 Å². The molecule has 7 nitrogen and oxygen atoms in total.